The quantitative estimate of drug-likeness (QED) is 0.777. The molecule has 2 fully saturated rings. The van der Waals surface area contributed by atoms with Gasteiger partial charge in [-0.3, -0.25) is 4.79 Å². The highest BCUT2D eigenvalue weighted by molar-refractivity contribution is 5.78. The molecule has 0 unspecified atom stereocenters. The highest BCUT2D eigenvalue weighted by Gasteiger charge is 2.29. The van der Waals surface area contributed by atoms with Crippen LogP contribution < -0.4 is 4.90 Å². The maximum absolute atomic E-state index is 12.3. The van der Waals surface area contributed by atoms with Crippen molar-refractivity contribution in [1.82, 2.24) is 14.3 Å². The SMILES string of the molecule is CC(C)(C)OC(=O)N1CCN(c2cc(C3CC3)cn3cc(C=O)nc23)CC1. The summed E-state index contributed by atoms with van der Waals surface area (Å²) in [4.78, 5) is 32.0. The van der Waals surface area contributed by atoms with Crippen LogP contribution in [0, 0.1) is 0 Å². The minimum Gasteiger partial charge on any atom is -0.444 e. The summed E-state index contributed by atoms with van der Waals surface area (Å²) in [5.74, 6) is 0.610. The molecular formula is C20H26N4O3. The highest BCUT2D eigenvalue weighted by Crippen LogP contribution is 2.41. The second-order valence-corrected chi connectivity index (χ2v) is 8.40. The fourth-order valence-corrected chi connectivity index (χ4v) is 3.51. The maximum Gasteiger partial charge on any atom is 0.410 e. The Morgan fingerprint density at radius 3 is 2.48 bits per heavy atom. The van der Waals surface area contributed by atoms with Gasteiger partial charge in [0.2, 0.25) is 0 Å². The molecule has 0 N–H and O–H groups in total. The van der Waals surface area contributed by atoms with Gasteiger partial charge in [0, 0.05) is 38.6 Å². The number of imidazole rings is 1. The van der Waals surface area contributed by atoms with Gasteiger partial charge in [0.05, 0.1) is 5.69 Å². The van der Waals surface area contributed by atoms with Gasteiger partial charge in [0.25, 0.3) is 0 Å². The average molecular weight is 370 g/mol. The average Bonchev–Trinajstić information content (AvgIpc) is 3.38. The van der Waals surface area contributed by atoms with E-state index in [1.807, 2.05) is 25.2 Å². The molecule has 0 atom stereocenters. The van der Waals surface area contributed by atoms with E-state index >= 15 is 0 Å². The van der Waals surface area contributed by atoms with E-state index in [0.717, 1.165) is 17.6 Å². The zero-order valence-corrected chi connectivity index (χ0v) is 16.1. The van der Waals surface area contributed by atoms with Crippen molar-refractivity contribution < 1.29 is 14.3 Å². The lowest BCUT2D eigenvalue weighted by atomic mass is 10.1. The van der Waals surface area contributed by atoms with Crippen LogP contribution in [0.1, 0.15) is 55.6 Å². The van der Waals surface area contributed by atoms with Crippen LogP contribution in [-0.2, 0) is 4.74 Å². The number of fused-ring (bicyclic) bond motifs is 1. The van der Waals surface area contributed by atoms with Crippen LogP contribution in [0.2, 0.25) is 0 Å². The van der Waals surface area contributed by atoms with E-state index in [1.54, 1.807) is 11.1 Å². The molecule has 1 aliphatic carbocycles. The van der Waals surface area contributed by atoms with Gasteiger partial charge in [-0.05, 0) is 51.2 Å². The number of amides is 1. The minimum atomic E-state index is -0.486. The molecule has 2 aromatic rings. The Kier molecular flexibility index (Phi) is 4.32. The molecule has 1 amide bonds. The van der Waals surface area contributed by atoms with E-state index < -0.39 is 5.60 Å². The first-order chi connectivity index (χ1) is 12.8. The molecule has 3 heterocycles. The molecule has 0 radical (unpaired) electrons. The predicted molar refractivity (Wildman–Crippen MR) is 103 cm³/mol. The number of carbonyl (C=O) groups excluding carboxylic acids is 2. The van der Waals surface area contributed by atoms with Gasteiger partial charge < -0.3 is 18.9 Å². The van der Waals surface area contributed by atoms with Gasteiger partial charge >= 0.3 is 6.09 Å². The Morgan fingerprint density at radius 2 is 1.89 bits per heavy atom. The standard InChI is InChI=1S/C20H26N4O3/c1-20(2,3)27-19(26)23-8-6-22(7-9-23)17-10-15(14-4-5-14)11-24-12-16(13-25)21-18(17)24/h10-14H,4-9H2,1-3H3. The fraction of sp³-hybridized carbons (Fsp3) is 0.550. The van der Waals surface area contributed by atoms with Crippen LogP contribution in [0.4, 0.5) is 10.5 Å². The van der Waals surface area contributed by atoms with Gasteiger partial charge in [-0.1, -0.05) is 0 Å². The van der Waals surface area contributed by atoms with Crippen molar-refractivity contribution in [2.75, 3.05) is 31.1 Å². The number of hydrogen-bond acceptors (Lipinski definition) is 5. The number of piperazine rings is 1. The van der Waals surface area contributed by atoms with Crippen LogP contribution in [0.15, 0.2) is 18.5 Å². The Hall–Kier alpha value is -2.57. The van der Waals surface area contributed by atoms with Gasteiger partial charge in [0.1, 0.15) is 11.3 Å². The van der Waals surface area contributed by atoms with Gasteiger partial charge in [-0.25, -0.2) is 9.78 Å². The normalized spacial score (nSPS) is 18.0. The second kappa shape index (κ2) is 6.55. The molecule has 0 bridgehead atoms. The monoisotopic (exact) mass is 370 g/mol. The Labute approximate surface area is 158 Å². The lowest BCUT2D eigenvalue weighted by Crippen LogP contribution is -2.50. The summed E-state index contributed by atoms with van der Waals surface area (Å²) in [5.41, 5.74) is 3.09. The lowest BCUT2D eigenvalue weighted by molar-refractivity contribution is 0.0240. The zero-order valence-electron chi connectivity index (χ0n) is 16.1. The van der Waals surface area contributed by atoms with Crippen LogP contribution in [0.5, 0.6) is 0 Å². The molecule has 0 aromatic carbocycles. The molecule has 2 aliphatic rings. The van der Waals surface area contributed by atoms with E-state index in [1.165, 1.54) is 18.4 Å². The lowest BCUT2D eigenvalue weighted by Gasteiger charge is -2.37. The number of nitrogens with zero attached hydrogens (tertiary/aromatic N) is 4. The van der Waals surface area contributed by atoms with Crippen molar-refractivity contribution in [3.8, 4) is 0 Å². The molecule has 2 aromatic heterocycles. The summed E-state index contributed by atoms with van der Waals surface area (Å²) >= 11 is 0. The van der Waals surface area contributed by atoms with Crippen molar-refractivity contribution >= 4 is 23.7 Å². The molecular weight excluding hydrogens is 344 g/mol. The van der Waals surface area contributed by atoms with Crippen molar-refractivity contribution in [1.29, 1.82) is 0 Å². The molecule has 7 nitrogen and oxygen atoms in total. The number of ether oxygens (including phenoxy) is 1. The number of carbonyl (C=O) groups is 2. The highest BCUT2D eigenvalue weighted by atomic mass is 16.6. The summed E-state index contributed by atoms with van der Waals surface area (Å²) in [5, 5.41) is 0. The largest absolute Gasteiger partial charge is 0.444 e. The topological polar surface area (TPSA) is 67.2 Å². The molecule has 0 spiro atoms. The number of hydrogen-bond donors (Lipinski definition) is 0. The number of aromatic nitrogens is 2. The van der Waals surface area contributed by atoms with E-state index in [4.69, 9.17) is 4.74 Å². The summed E-state index contributed by atoms with van der Waals surface area (Å²) < 4.78 is 7.44. The van der Waals surface area contributed by atoms with E-state index in [-0.39, 0.29) is 6.09 Å². The maximum atomic E-state index is 12.3. The number of rotatable bonds is 3. The summed E-state index contributed by atoms with van der Waals surface area (Å²) in [7, 11) is 0. The first-order valence-electron chi connectivity index (χ1n) is 9.55. The third-order valence-electron chi connectivity index (χ3n) is 5.01. The Bertz CT molecular complexity index is 871. The third-order valence-corrected chi connectivity index (χ3v) is 5.01. The van der Waals surface area contributed by atoms with Gasteiger partial charge in [0.15, 0.2) is 11.9 Å². The third kappa shape index (κ3) is 3.77. The van der Waals surface area contributed by atoms with E-state index in [9.17, 15) is 9.59 Å². The van der Waals surface area contributed by atoms with Crippen LogP contribution in [0.3, 0.4) is 0 Å². The van der Waals surface area contributed by atoms with Gasteiger partial charge in [-0.15, -0.1) is 0 Å². The summed E-state index contributed by atoms with van der Waals surface area (Å²) in [6.45, 7) is 8.28. The Balaban J connectivity index is 1.55. The van der Waals surface area contributed by atoms with Crippen LogP contribution in [0.25, 0.3) is 5.65 Å². The molecule has 1 aliphatic heterocycles. The number of anilines is 1. The first kappa shape index (κ1) is 17.8. The summed E-state index contributed by atoms with van der Waals surface area (Å²) in [6, 6.07) is 2.21. The van der Waals surface area contributed by atoms with Crippen molar-refractivity contribution in [2.24, 2.45) is 0 Å². The van der Waals surface area contributed by atoms with Crippen LogP contribution >= 0.6 is 0 Å². The van der Waals surface area contributed by atoms with E-state index in [2.05, 4.69) is 22.1 Å². The molecule has 4 rings (SSSR count). The predicted octanol–water partition coefficient (Wildman–Crippen LogP) is 3.08. The van der Waals surface area contributed by atoms with Crippen molar-refractivity contribution in [2.45, 2.75) is 45.1 Å². The fourth-order valence-electron chi connectivity index (χ4n) is 3.51. The molecule has 144 valence electrons. The van der Waals surface area contributed by atoms with Crippen LogP contribution in [-0.4, -0.2) is 58.4 Å². The molecule has 27 heavy (non-hydrogen) atoms. The minimum absolute atomic E-state index is 0.261. The number of aldehydes is 1. The van der Waals surface area contributed by atoms with Crippen molar-refractivity contribution in [3.63, 3.8) is 0 Å². The second-order valence-electron chi connectivity index (χ2n) is 8.40. The molecule has 1 saturated carbocycles. The van der Waals surface area contributed by atoms with E-state index in [0.29, 0.717) is 37.8 Å². The molecule has 7 heteroatoms. The molecule has 1 saturated heterocycles. The zero-order chi connectivity index (χ0) is 19.2. The van der Waals surface area contributed by atoms with Crippen molar-refractivity contribution in [3.05, 3.63) is 29.7 Å². The smallest absolute Gasteiger partial charge is 0.410 e. The number of pyridine rings is 1. The Morgan fingerprint density at radius 1 is 1.19 bits per heavy atom. The first-order valence-corrected chi connectivity index (χ1v) is 9.55. The summed E-state index contributed by atoms with van der Waals surface area (Å²) in [6.07, 6.45) is 6.83. The van der Waals surface area contributed by atoms with Gasteiger partial charge in [-0.2, -0.15) is 0 Å².